The van der Waals surface area contributed by atoms with Crippen LogP contribution in [0.5, 0.6) is 0 Å². The highest BCUT2D eigenvalue weighted by Gasteiger charge is 2.16. The van der Waals surface area contributed by atoms with Crippen molar-refractivity contribution in [2.75, 3.05) is 6.54 Å². The number of hydrogen-bond acceptors (Lipinski definition) is 3. The van der Waals surface area contributed by atoms with Crippen LogP contribution in [0.3, 0.4) is 0 Å². The molecule has 102 valence electrons. The summed E-state index contributed by atoms with van der Waals surface area (Å²) in [5.41, 5.74) is 5.55. The van der Waals surface area contributed by atoms with Crippen LogP contribution in [-0.4, -0.2) is 15.0 Å². The number of hydrogen-bond donors (Lipinski definition) is 2. The molecule has 1 aromatic rings. The monoisotopic (exact) mass is 274 g/mol. The first kappa shape index (κ1) is 15.1. The van der Waals surface area contributed by atoms with Crippen molar-refractivity contribution in [1.82, 2.24) is 4.72 Å². The summed E-state index contributed by atoms with van der Waals surface area (Å²) in [6.07, 6.45) is 0.889. The predicted molar refractivity (Wildman–Crippen MR) is 68.9 cm³/mol. The lowest BCUT2D eigenvalue weighted by atomic mass is 10.1. The van der Waals surface area contributed by atoms with Gasteiger partial charge in [0.25, 0.3) is 0 Å². The van der Waals surface area contributed by atoms with E-state index in [1.807, 2.05) is 13.8 Å². The second-order valence-corrected chi connectivity index (χ2v) is 6.09. The molecule has 0 fully saturated rings. The van der Waals surface area contributed by atoms with Gasteiger partial charge in [-0.2, -0.15) is 0 Å². The second-order valence-electron chi connectivity index (χ2n) is 4.32. The van der Waals surface area contributed by atoms with Gasteiger partial charge in [0, 0.05) is 18.7 Å². The van der Waals surface area contributed by atoms with Crippen molar-refractivity contribution in [1.29, 1.82) is 0 Å². The first-order chi connectivity index (χ1) is 8.40. The van der Waals surface area contributed by atoms with Crippen LogP contribution in [-0.2, 0) is 16.6 Å². The molecule has 18 heavy (non-hydrogen) atoms. The maximum atomic E-state index is 13.2. The zero-order chi connectivity index (χ0) is 13.8. The topological polar surface area (TPSA) is 72.2 Å². The van der Waals surface area contributed by atoms with Crippen LogP contribution in [0.15, 0.2) is 23.1 Å². The number of nitrogens with two attached hydrogens (primary N) is 1. The van der Waals surface area contributed by atoms with Crippen LogP contribution in [0.1, 0.15) is 25.8 Å². The van der Waals surface area contributed by atoms with Gasteiger partial charge in [-0.15, -0.1) is 0 Å². The fourth-order valence-electron chi connectivity index (χ4n) is 1.35. The molecule has 1 aromatic carbocycles. The van der Waals surface area contributed by atoms with Crippen LogP contribution < -0.4 is 10.5 Å². The van der Waals surface area contributed by atoms with Gasteiger partial charge in [-0.3, -0.25) is 0 Å². The molecule has 0 radical (unpaired) electrons. The lowest BCUT2D eigenvalue weighted by Gasteiger charge is -2.11. The fourth-order valence-corrected chi connectivity index (χ4v) is 2.57. The third kappa shape index (κ3) is 3.76. The highest BCUT2D eigenvalue weighted by molar-refractivity contribution is 7.89. The van der Waals surface area contributed by atoms with Gasteiger partial charge < -0.3 is 5.73 Å². The largest absolute Gasteiger partial charge is 0.326 e. The van der Waals surface area contributed by atoms with Gasteiger partial charge >= 0.3 is 0 Å². The summed E-state index contributed by atoms with van der Waals surface area (Å²) in [6, 6.07) is 3.64. The molecular formula is C12H19FN2O2S. The Kier molecular flexibility index (Phi) is 5.25. The Bertz CT molecular complexity index is 503. The number of sulfonamides is 1. The molecule has 0 saturated carbocycles. The summed E-state index contributed by atoms with van der Waals surface area (Å²) < 4.78 is 39.7. The summed E-state index contributed by atoms with van der Waals surface area (Å²) in [5, 5.41) is 0. The average molecular weight is 274 g/mol. The van der Waals surface area contributed by atoms with Gasteiger partial charge in [0.1, 0.15) is 5.82 Å². The van der Waals surface area contributed by atoms with Crippen molar-refractivity contribution in [3.05, 3.63) is 29.6 Å². The van der Waals surface area contributed by atoms with Crippen LogP contribution in [0.25, 0.3) is 0 Å². The van der Waals surface area contributed by atoms with E-state index in [1.165, 1.54) is 12.1 Å². The second kappa shape index (κ2) is 6.26. The molecule has 6 heteroatoms. The quantitative estimate of drug-likeness (QED) is 0.827. The highest BCUT2D eigenvalue weighted by atomic mass is 32.2. The standard InChI is InChI=1S/C12H19FN2O2S/c1-3-9(2)8-15-18(16,17)11-4-5-12(13)10(6-11)7-14/h4-6,9,15H,3,7-8,14H2,1-2H3. The Balaban J connectivity index is 2.91. The summed E-state index contributed by atoms with van der Waals surface area (Å²) in [4.78, 5) is 0.0488. The van der Waals surface area contributed by atoms with Gasteiger partial charge in [0.2, 0.25) is 10.0 Å². The van der Waals surface area contributed by atoms with E-state index in [0.29, 0.717) is 6.54 Å². The van der Waals surface area contributed by atoms with Crippen molar-refractivity contribution >= 4 is 10.0 Å². The minimum Gasteiger partial charge on any atom is -0.326 e. The van der Waals surface area contributed by atoms with Crippen molar-refractivity contribution in [3.8, 4) is 0 Å². The number of rotatable bonds is 6. The van der Waals surface area contributed by atoms with Crippen LogP contribution in [0.4, 0.5) is 4.39 Å². The zero-order valence-corrected chi connectivity index (χ0v) is 11.4. The van der Waals surface area contributed by atoms with E-state index >= 15 is 0 Å². The molecule has 0 aliphatic heterocycles. The molecule has 0 aliphatic rings. The van der Waals surface area contributed by atoms with Crippen LogP contribution in [0.2, 0.25) is 0 Å². The number of nitrogens with one attached hydrogen (secondary N) is 1. The van der Waals surface area contributed by atoms with E-state index in [9.17, 15) is 12.8 Å². The summed E-state index contributed by atoms with van der Waals surface area (Å²) in [5.74, 6) is -0.229. The lowest BCUT2D eigenvalue weighted by molar-refractivity contribution is 0.528. The van der Waals surface area contributed by atoms with Crippen LogP contribution in [0, 0.1) is 11.7 Å². The summed E-state index contributed by atoms with van der Waals surface area (Å²) in [7, 11) is -3.59. The molecule has 3 N–H and O–H groups in total. The molecule has 0 spiro atoms. The van der Waals surface area contributed by atoms with E-state index in [1.54, 1.807) is 0 Å². The Labute approximate surface area is 107 Å². The van der Waals surface area contributed by atoms with Gasteiger partial charge in [-0.05, 0) is 24.1 Å². The molecule has 0 saturated heterocycles. The molecule has 0 heterocycles. The average Bonchev–Trinajstić information content (AvgIpc) is 2.36. The number of benzene rings is 1. The molecule has 0 aromatic heterocycles. The smallest absolute Gasteiger partial charge is 0.240 e. The van der Waals surface area contributed by atoms with Crippen molar-refractivity contribution in [3.63, 3.8) is 0 Å². The predicted octanol–water partition coefficient (Wildman–Crippen LogP) is 1.61. The molecule has 1 atom stereocenters. The van der Waals surface area contributed by atoms with E-state index < -0.39 is 15.8 Å². The van der Waals surface area contributed by atoms with Crippen molar-refractivity contribution < 1.29 is 12.8 Å². The Morgan fingerprint density at radius 2 is 2.11 bits per heavy atom. The maximum Gasteiger partial charge on any atom is 0.240 e. The zero-order valence-electron chi connectivity index (χ0n) is 10.6. The van der Waals surface area contributed by atoms with E-state index in [2.05, 4.69) is 4.72 Å². The van der Waals surface area contributed by atoms with Gasteiger partial charge in [0.15, 0.2) is 0 Å². The van der Waals surface area contributed by atoms with E-state index in [4.69, 9.17) is 5.73 Å². The molecule has 0 aliphatic carbocycles. The minimum atomic E-state index is -3.59. The normalized spacial score (nSPS) is 13.6. The Morgan fingerprint density at radius 1 is 1.44 bits per heavy atom. The van der Waals surface area contributed by atoms with Gasteiger partial charge in [-0.1, -0.05) is 20.3 Å². The molecule has 0 bridgehead atoms. The molecular weight excluding hydrogens is 255 g/mol. The molecule has 4 nitrogen and oxygen atoms in total. The Hall–Kier alpha value is -0.980. The summed E-state index contributed by atoms with van der Waals surface area (Å²) in [6.45, 7) is 4.29. The van der Waals surface area contributed by atoms with E-state index in [0.717, 1.165) is 12.5 Å². The first-order valence-electron chi connectivity index (χ1n) is 5.88. The highest BCUT2D eigenvalue weighted by Crippen LogP contribution is 2.15. The van der Waals surface area contributed by atoms with Crippen LogP contribution >= 0.6 is 0 Å². The lowest BCUT2D eigenvalue weighted by Crippen LogP contribution is -2.28. The van der Waals surface area contributed by atoms with Crippen molar-refractivity contribution in [2.24, 2.45) is 11.7 Å². The molecule has 0 amide bonds. The maximum absolute atomic E-state index is 13.2. The Morgan fingerprint density at radius 3 is 2.67 bits per heavy atom. The minimum absolute atomic E-state index is 0.0272. The SMILES string of the molecule is CCC(C)CNS(=O)(=O)c1ccc(F)c(CN)c1. The molecule has 1 rings (SSSR count). The molecule has 1 unspecified atom stereocenters. The van der Waals surface area contributed by atoms with Gasteiger partial charge in [-0.25, -0.2) is 17.5 Å². The fraction of sp³-hybridized carbons (Fsp3) is 0.500. The van der Waals surface area contributed by atoms with Gasteiger partial charge in [0.05, 0.1) is 4.90 Å². The third-order valence-corrected chi connectivity index (χ3v) is 4.29. The first-order valence-corrected chi connectivity index (χ1v) is 7.37. The number of halogens is 1. The van der Waals surface area contributed by atoms with E-state index in [-0.39, 0.29) is 22.9 Å². The summed E-state index contributed by atoms with van der Waals surface area (Å²) >= 11 is 0. The third-order valence-electron chi connectivity index (χ3n) is 2.87. The van der Waals surface area contributed by atoms with Crippen molar-refractivity contribution in [2.45, 2.75) is 31.7 Å².